The van der Waals surface area contributed by atoms with Gasteiger partial charge in [0.25, 0.3) is 0 Å². The topological polar surface area (TPSA) is 91.1 Å². The molecular weight excluding hydrogens is 384 g/mol. The molecule has 8 heteroatoms. The molecule has 140 valence electrons. The lowest BCUT2D eigenvalue weighted by atomic mass is 10.1. The number of nitrogens with two attached hydrogens (primary N) is 1. The molecule has 1 unspecified atom stereocenters. The normalized spacial score (nSPS) is 11.2. The number of carbonyl (C=O) groups is 1. The first-order valence-electron chi connectivity index (χ1n) is 7.94. The molecule has 1 aromatic heterocycles. The molecule has 3 N–H and O–H groups in total. The summed E-state index contributed by atoms with van der Waals surface area (Å²) in [5.74, 6) is 2.36. The van der Waals surface area contributed by atoms with E-state index < -0.39 is 34.5 Å². The summed E-state index contributed by atoms with van der Waals surface area (Å²) in [6.07, 6.45) is 2.88. The monoisotopic (exact) mass is 397 g/mol. The number of rotatable bonds is 4. The lowest BCUT2D eigenvalue weighted by Gasteiger charge is -2.12. The second-order valence-electron chi connectivity index (χ2n) is 5.50. The van der Waals surface area contributed by atoms with Crippen molar-refractivity contribution in [1.82, 2.24) is 4.98 Å². The highest BCUT2D eigenvalue weighted by molar-refractivity contribution is 7.92. The minimum Gasteiger partial charge on any atom is -0.588 e. The van der Waals surface area contributed by atoms with E-state index in [9.17, 15) is 18.1 Å². The van der Waals surface area contributed by atoms with Crippen molar-refractivity contribution in [2.24, 2.45) is 5.73 Å². The van der Waals surface area contributed by atoms with Crippen LogP contribution < -0.4 is 10.5 Å². The Hall–Kier alpha value is -3.41. The number of halogens is 2. The maximum atomic E-state index is 14.7. The van der Waals surface area contributed by atoms with Gasteiger partial charge in [-0.3, -0.25) is 9.78 Å². The van der Waals surface area contributed by atoms with E-state index in [1.54, 1.807) is 24.3 Å². The van der Waals surface area contributed by atoms with Crippen LogP contribution >= 0.6 is 0 Å². The summed E-state index contributed by atoms with van der Waals surface area (Å²) in [5.41, 5.74) is 4.95. The van der Waals surface area contributed by atoms with E-state index in [0.29, 0.717) is 4.90 Å². The average Bonchev–Trinajstić information content (AvgIpc) is 2.70. The van der Waals surface area contributed by atoms with Crippen molar-refractivity contribution in [2.45, 2.75) is 4.90 Å². The van der Waals surface area contributed by atoms with Gasteiger partial charge in [0, 0.05) is 11.8 Å². The van der Waals surface area contributed by atoms with Crippen LogP contribution in [0.15, 0.2) is 65.8 Å². The van der Waals surface area contributed by atoms with Crippen LogP contribution in [-0.2, 0) is 11.4 Å². The van der Waals surface area contributed by atoms with Crippen LogP contribution in [-0.4, -0.2) is 15.4 Å². The predicted molar refractivity (Wildman–Crippen MR) is 102 cm³/mol. The minimum absolute atomic E-state index is 0.141. The molecule has 2 aromatic carbocycles. The molecule has 5 nitrogen and oxygen atoms in total. The quantitative estimate of drug-likeness (QED) is 0.523. The largest absolute Gasteiger partial charge is 0.588 e. The molecule has 0 saturated heterocycles. The van der Waals surface area contributed by atoms with Gasteiger partial charge in [0.05, 0.1) is 17.3 Å². The Labute approximate surface area is 162 Å². The molecule has 0 aliphatic carbocycles. The second kappa shape index (κ2) is 8.52. The number of carbonyl (C=O) groups excluding carboxylic acids is 1. The van der Waals surface area contributed by atoms with Gasteiger partial charge >= 0.3 is 0 Å². The van der Waals surface area contributed by atoms with E-state index >= 15 is 0 Å². The van der Waals surface area contributed by atoms with Gasteiger partial charge in [-0.2, -0.15) is 0 Å². The van der Waals surface area contributed by atoms with E-state index in [4.69, 9.17) is 5.73 Å². The Morgan fingerprint density at radius 2 is 1.89 bits per heavy atom. The number of anilines is 1. The summed E-state index contributed by atoms with van der Waals surface area (Å²) < 4.78 is 43.6. The van der Waals surface area contributed by atoms with Crippen molar-refractivity contribution in [2.75, 3.05) is 4.72 Å². The summed E-state index contributed by atoms with van der Waals surface area (Å²) in [6.45, 7) is 0. The smallest absolute Gasteiger partial charge is 0.249 e. The van der Waals surface area contributed by atoms with Crippen molar-refractivity contribution in [3.8, 4) is 11.8 Å². The average molecular weight is 397 g/mol. The third-order valence-electron chi connectivity index (χ3n) is 3.66. The molecule has 0 fully saturated rings. The van der Waals surface area contributed by atoms with Crippen molar-refractivity contribution in [1.29, 1.82) is 0 Å². The second-order valence-corrected chi connectivity index (χ2v) is 6.72. The summed E-state index contributed by atoms with van der Waals surface area (Å²) in [5, 5.41) is 0. The summed E-state index contributed by atoms with van der Waals surface area (Å²) >= 11 is -1.79. The number of nitrogens with one attached hydrogen (secondary N) is 1. The molecule has 1 amide bonds. The molecular formula is C20H13F2N3O2S. The van der Waals surface area contributed by atoms with Crippen LogP contribution in [0.5, 0.6) is 0 Å². The predicted octanol–water partition coefficient (Wildman–Crippen LogP) is 2.99. The molecule has 0 bridgehead atoms. The highest BCUT2D eigenvalue weighted by Gasteiger charge is 2.18. The lowest BCUT2D eigenvalue weighted by Crippen LogP contribution is -2.15. The number of benzene rings is 2. The van der Waals surface area contributed by atoms with E-state index in [-0.39, 0.29) is 16.8 Å². The lowest BCUT2D eigenvalue weighted by molar-refractivity contribution is 0.1000. The molecule has 3 rings (SSSR count). The first-order chi connectivity index (χ1) is 13.5. The molecule has 0 saturated carbocycles. The Morgan fingerprint density at radius 3 is 2.61 bits per heavy atom. The fourth-order valence-electron chi connectivity index (χ4n) is 2.30. The highest BCUT2D eigenvalue weighted by atomic mass is 32.2. The third kappa shape index (κ3) is 4.28. The van der Waals surface area contributed by atoms with Gasteiger partial charge in [0.15, 0.2) is 10.7 Å². The molecule has 0 radical (unpaired) electrons. The zero-order valence-electron chi connectivity index (χ0n) is 14.3. The standard InChI is InChI=1S/C20H13F2N3O2S/c21-17-9-10-18(25-28(27)14-5-3-11-24-12-14)19(22)16(17)8-7-13-4-1-2-6-15(13)20(23)26/h1-6,9-12,25H,(H2,23,26). The van der Waals surface area contributed by atoms with Crippen LogP contribution in [0.1, 0.15) is 21.5 Å². The van der Waals surface area contributed by atoms with Gasteiger partial charge in [-0.25, -0.2) is 13.5 Å². The maximum absolute atomic E-state index is 14.7. The molecule has 1 heterocycles. The summed E-state index contributed by atoms with van der Waals surface area (Å²) in [6, 6.07) is 11.5. The number of aromatic nitrogens is 1. The molecule has 0 aliphatic rings. The first kappa shape index (κ1) is 19.4. The Morgan fingerprint density at radius 1 is 1.11 bits per heavy atom. The number of hydrogen-bond acceptors (Lipinski definition) is 4. The van der Waals surface area contributed by atoms with Gasteiger partial charge in [0.2, 0.25) is 5.91 Å². The van der Waals surface area contributed by atoms with E-state index in [1.807, 2.05) is 0 Å². The molecule has 1 atom stereocenters. The van der Waals surface area contributed by atoms with Crippen molar-refractivity contribution in [3.05, 3.63) is 89.2 Å². The third-order valence-corrected chi connectivity index (χ3v) is 4.73. The zero-order chi connectivity index (χ0) is 20.1. The van der Waals surface area contributed by atoms with Gasteiger partial charge in [0.1, 0.15) is 22.9 Å². The number of amides is 1. The van der Waals surface area contributed by atoms with Crippen LogP contribution in [0.4, 0.5) is 14.5 Å². The van der Waals surface area contributed by atoms with Gasteiger partial charge in [-0.05, 0) is 36.4 Å². The fourth-order valence-corrected chi connectivity index (χ4v) is 3.13. The van der Waals surface area contributed by atoms with E-state index in [0.717, 1.165) is 12.1 Å². The van der Waals surface area contributed by atoms with Gasteiger partial charge < -0.3 is 10.3 Å². The summed E-state index contributed by atoms with van der Waals surface area (Å²) in [4.78, 5) is 15.6. The van der Waals surface area contributed by atoms with Crippen molar-refractivity contribution >= 4 is 23.0 Å². The fraction of sp³-hybridized carbons (Fsp3) is 0. The van der Waals surface area contributed by atoms with Crippen molar-refractivity contribution in [3.63, 3.8) is 0 Å². The number of hydrogen-bond donors (Lipinski definition) is 2. The van der Waals surface area contributed by atoms with Crippen molar-refractivity contribution < 1.29 is 18.1 Å². The van der Waals surface area contributed by atoms with E-state index in [1.165, 1.54) is 24.5 Å². The highest BCUT2D eigenvalue weighted by Crippen LogP contribution is 2.23. The SMILES string of the molecule is NC(=O)c1ccccc1C#Cc1c(F)ccc(N[S+]([O-])c2cccnc2)c1F. The van der Waals surface area contributed by atoms with Crippen LogP contribution in [0.3, 0.4) is 0 Å². The van der Waals surface area contributed by atoms with Crippen LogP contribution in [0.25, 0.3) is 0 Å². The van der Waals surface area contributed by atoms with Gasteiger partial charge in [-0.15, -0.1) is 0 Å². The number of primary amides is 1. The number of nitrogens with zero attached hydrogens (tertiary/aromatic N) is 1. The Kier molecular flexibility index (Phi) is 5.89. The molecule has 0 spiro atoms. The van der Waals surface area contributed by atoms with Gasteiger partial charge in [-0.1, -0.05) is 24.0 Å². The Balaban J connectivity index is 1.94. The first-order valence-corrected chi connectivity index (χ1v) is 9.09. The summed E-state index contributed by atoms with van der Waals surface area (Å²) in [7, 11) is 0. The zero-order valence-corrected chi connectivity index (χ0v) is 15.1. The number of pyridine rings is 1. The minimum atomic E-state index is -1.79. The molecule has 0 aliphatic heterocycles. The van der Waals surface area contributed by atoms with Crippen LogP contribution in [0.2, 0.25) is 0 Å². The molecule has 3 aromatic rings. The Bertz CT molecular complexity index is 1080. The molecule has 28 heavy (non-hydrogen) atoms. The van der Waals surface area contributed by atoms with E-state index in [2.05, 4.69) is 21.5 Å². The van der Waals surface area contributed by atoms with Crippen LogP contribution in [0, 0.1) is 23.5 Å². The maximum Gasteiger partial charge on any atom is 0.249 e.